The number of hydrogen-bond acceptors (Lipinski definition) is 4. The normalized spacial score (nSPS) is 23.6. The van der Waals surface area contributed by atoms with Crippen LogP contribution in [0.15, 0.2) is 18.2 Å². The van der Waals surface area contributed by atoms with Crippen LogP contribution in [0.2, 0.25) is 0 Å². The van der Waals surface area contributed by atoms with E-state index in [1.54, 1.807) is 0 Å². The van der Waals surface area contributed by atoms with Gasteiger partial charge in [-0.05, 0) is 31.2 Å². The minimum atomic E-state index is 0.349. The number of aromatic nitrogens is 1. The monoisotopic (exact) mass is 267 g/mol. The van der Waals surface area contributed by atoms with Gasteiger partial charge in [0.15, 0.2) is 0 Å². The molecule has 2 unspecified atom stereocenters. The highest BCUT2D eigenvalue weighted by atomic mass is 32.2. The van der Waals surface area contributed by atoms with Gasteiger partial charge in [-0.2, -0.15) is 11.8 Å². The van der Waals surface area contributed by atoms with E-state index in [9.17, 15) is 0 Å². The first kappa shape index (κ1) is 12.6. The van der Waals surface area contributed by atoms with Crippen molar-refractivity contribution in [3.8, 4) is 0 Å². The van der Waals surface area contributed by atoms with Crippen LogP contribution in [0.3, 0.4) is 0 Å². The Labute approximate surface area is 112 Å². The van der Waals surface area contributed by atoms with Crippen molar-refractivity contribution in [2.45, 2.75) is 30.6 Å². The molecule has 0 bridgehead atoms. The lowest BCUT2D eigenvalue weighted by Crippen LogP contribution is -2.26. The van der Waals surface area contributed by atoms with Crippen molar-refractivity contribution in [2.24, 2.45) is 5.73 Å². The zero-order chi connectivity index (χ0) is 12.3. The first-order valence-corrected chi connectivity index (χ1v) is 7.46. The zero-order valence-electron chi connectivity index (χ0n) is 9.85. The van der Waals surface area contributed by atoms with Crippen LogP contribution in [0, 0.1) is 0 Å². The number of pyridine rings is 1. The molecule has 0 amide bonds. The van der Waals surface area contributed by atoms with Crippen molar-refractivity contribution >= 4 is 34.8 Å². The van der Waals surface area contributed by atoms with Crippen molar-refractivity contribution in [1.82, 2.24) is 4.98 Å². The van der Waals surface area contributed by atoms with E-state index in [2.05, 4.69) is 16.6 Å². The van der Waals surface area contributed by atoms with Crippen LogP contribution >= 0.6 is 24.0 Å². The molecule has 0 radical (unpaired) electrons. The first-order valence-electron chi connectivity index (χ1n) is 5.77. The van der Waals surface area contributed by atoms with E-state index in [1.807, 2.05) is 30.0 Å². The number of thioether (sulfide) groups is 1. The fourth-order valence-electron chi connectivity index (χ4n) is 2.22. The quantitative estimate of drug-likeness (QED) is 0.821. The topological polar surface area (TPSA) is 50.9 Å². The van der Waals surface area contributed by atoms with Gasteiger partial charge in [-0.15, -0.1) is 0 Å². The van der Waals surface area contributed by atoms with Crippen LogP contribution in [0.5, 0.6) is 0 Å². The summed E-state index contributed by atoms with van der Waals surface area (Å²) in [4.78, 5) is 4.77. The van der Waals surface area contributed by atoms with Gasteiger partial charge < -0.3 is 11.1 Å². The summed E-state index contributed by atoms with van der Waals surface area (Å²) in [5, 5.41) is 4.18. The Morgan fingerprint density at radius 1 is 1.53 bits per heavy atom. The van der Waals surface area contributed by atoms with Crippen LogP contribution < -0.4 is 11.1 Å². The van der Waals surface area contributed by atoms with Crippen molar-refractivity contribution < 1.29 is 0 Å². The fourth-order valence-corrected chi connectivity index (χ4v) is 3.26. The molecule has 3 N–H and O–H groups in total. The van der Waals surface area contributed by atoms with Gasteiger partial charge in [-0.1, -0.05) is 24.7 Å². The molecule has 1 aromatic heterocycles. The summed E-state index contributed by atoms with van der Waals surface area (Å²) in [5.74, 6) is 0.876. The number of hydrogen-bond donors (Lipinski definition) is 2. The molecule has 17 heavy (non-hydrogen) atoms. The maximum Gasteiger partial charge on any atom is 0.126 e. The van der Waals surface area contributed by atoms with E-state index in [0.717, 1.165) is 5.82 Å². The Hall–Kier alpha value is -0.810. The summed E-state index contributed by atoms with van der Waals surface area (Å²) in [6.45, 7) is 0. The van der Waals surface area contributed by atoms with Gasteiger partial charge in [0.1, 0.15) is 10.8 Å². The largest absolute Gasteiger partial charge is 0.388 e. The summed E-state index contributed by atoms with van der Waals surface area (Å²) in [7, 11) is 0. The van der Waals surface area contributed by atoms with E-state index in [-0.39, 0.29) is 0 Å². The SMILES string of the molecule is CSC1CCCC1Nc1cccc(C(N)=S)n1. The van der Waals surface area contributed by atoms with E-state index < -0.39 is 0 Å². The third-order valence-electron chi connectivity index (χ3n) is 3.09. The molecule has 1 aliphatic rings. The summed E-state index contributed by atoms with van der Waals surface area (Å²) >= 11 is 6.86. The van der Waals surface area contributed by atoms with E-state index in [1.165, 1.54) is 19.3 Å². The average molecular weight is 267 g/mol. The average Bonchev–Trinajstić information content (AvgIpc) is 2.76. The van der Waals surface area contributed by atoms with Gasteiger partial charge in [0.2, 0.25) is 0 Å². The smallest absolute Gasteiger partial charge is 0.126 e. The standard InChI is InChI=1S/C12H17N3S2/c1-17-10-6-2-4-8(10)14-11-7-3-5-9(15-11)12(13)16/h3,5,7-8,10H,2,4,6H2,1H3,(H2,13,16)(H,14,15). The summed E-state index contributed by atoms with van der Waals surface area (Å²) in [6, 6.07) is 6.26. The van der Waals surface area contributed by atoms with Crippen molar-refractivity contribution in [2.75, 3.05) is 11.6 Å². The molecule has 1 saturated carbocycles. The molecule has 1 heterocycles. The predicted octanol–water partition coefficient (Wildman–Crippen LogP) is 2.41. The van der Waals surface area contributed by atoms with Crippen LogP contribution in [0.4, 0.5) is 5.82 Å². The second kappa shape index (κ2) is 5.69. The zero-order valence-corrected chi connectivity index (χ0v) is 11.5. The van der Waals surface area contributed by atoms with Crippen LogP contribution in [-0.4, -0.2) is 27.5 Å². The van der Waals surface area contributed by atoms with Crippen LogP contribution in [0.1, 0.15) is 25.0 Å². The Bertz CT molecular complexity index is 408. The van der Waals surface area contributed by atoms with Gasteiger partial charge in [-0.3, -0.25) is 0 Å². The third-order valence-corrected chi connectivity index (χ3v) is 4.47. The van der Waals surface area contributed by atoms with Gasteiger partial charge in [0.25, 0.3) is 0 Å². The second-order valence-electron chi connectivity index (χ2n) is 4.23. The van der Waals surface area contributed by atoms with Crippen LogP contribution in [-0.2, 0) is 0 Å². The molecule has 3 nitrogen and oxygen atoms in total. The van der Waals surface area contributed by atoms with Crippen molar-refractivity contribution in [3.63, 3.8) is 0 Å². The third kappa shape index (κ3) is 3.10. The van der Waals surface area contributed by atoms with E-state index in [4.69, 9.17) is 18.0 Å². The van der Waals surface area contributed by atoms with E-state index in [0.29, 0.717) is 22.0 Å². The highest BCUT2D eigenvalue weighted by Crippen LogP contribution is 2.30. The maximum atomic E-state index is 5.58. The minimum absolute atomic E-state index is 0.349. The highest BCUT2D eigenvalue weighted by molar-refractivity contribution is 7.99. The molecule has 2 atom stereocenters. The number of rotatable bonds is 4. The van der Waals surface area contributed by atoms with E-state index >= 15 is 0 Å². The number of anilines is 1. The second-order valence-corrected chi connectivity index (χ2v) is 5.74. The molecular formula is C12H17N3S2. The Morgan fingerprint density at radius 2 is 2.35 bits per heavy atom. The fraction of sp³-hybridized carbons (Fsp3) is 0.500. The molecule has 0 spiro atoms. The molecule has 1 aromatic rings. The molecule has 1 fully saturated rings. The summed E-state index contributed by atoms with van der Waals surface area (Å²) < 4.78 is 0. The molecule has 0 saturated heterocycles. The number of nitrogens with one attached hydrogen (secondary N) is 1. The molecule has 2 rings (SSSR count). The Morgan fingerprint density at radius 3 is 3.06 bits per heavy atom. The highest BCUT2D eigenvalue weighted by Gasteiger charge is 2.26. The maximum absolute atomic E-state index is 5.58. The Kier molecular flexibility index (Phi) is 4.23. The van der Waals surface area contributed by atoms with Crippen molar-refractivity contribution in [3.05, 3.63) is 23.9 Å². The lowest BCUT2D eigenvalue weighted by atomic mass is 10.2. The molecule has 1 aliphatic carbocycles. The van der Waals surface area contributed by atoms with Crippen molar-refractivity contribution in [1.29, 1.82) is 0 Å². The number of nitrogens with zero attached hydrogens (tertiary/aromatic N) is 1. The lowest BCUT2D eigenvalue weighted by molar-refractivity contribution is 0.763. The summed E-state index contributed by atoms with van der Waals surface area (Å²) in [6.07, 6.45) is 5.96. The Balaban J connectivity index is 2.07. The number of nitrogens with two attached hydrogens (primary N) is 1. The molecule has 0 aromatic carbocycles. The molecule has 0 aliphatic heterocycles. The minimum Gasteiger partial charge on any atom is -0.388 e. The first-order chi connectivity index (χ1) is 8.20. The van der Waals surface area contributed by atoms with Gasteiger partial charge in [0, 0.05) is 11.3 Å². The number of thiocarbonyl (C=S) groups is 1. The predicted molar refractivity (Wildman–Crippen MR) is 78.7 cm³/mol. The molecular weight excluding hydrogens is 250 g/mol. The molecule has 92 valence electrons. The summed E-state index contributed by atoms with van der Waals surface area (Å²) in [5.41, 5.74) is 6.27. The van der Waals surface area contributed by atoms with Gasteiger partial charge in [-0.25, -0.2) is 4.98 Å². The van der Waals surface area contributed by atoms with Gasteiger partial charge >= 0.3 is 0 Å². The lowest BCUT2D eigenvalue weighted by Gasteiger charge is -2.19. The van der Waals surface area contributed by atoms with Crippen LogP contribution in [0.25, 0.3) is 0 Å². The van der Waals surface area contributed by atoms with Gasteiger partial charge in [0.05, 0.1) is 5.69 Å². The molecule has 5 heteroatoms.